The number of aromatic nitrogens is 1. The first-order valence-electron chi connectivity index (χ1n) is 3.69. The highest BCUT2D eigenvalue weighted by Gasteiger charge is 2.22. The Morgan fingerprint density at radius 3 is 2.80 bits per heavy atom. The van der Waals surface area contributed by atoms with Crippen molar-refractivity contribution in [1.29, 1.82) is 0 Å². The molecule has 2 N–H and O–H groups in total. The Morgan fingerprint density at radius 1 is 1.53 bits per heavy atom. The predicted molar refractivity (Wildman–Crippen MR) is 60.7 cm³/mol. The van der Waals surface area contributed by atoms with Crippen LogP contribution < -0.4 is 5.73 Å². The second kappa shape index (κ2) is 3.48. The molecular formula is C7H3Cl2N3O2S. The van der Waals surface area contributed by atoms with Crippen LogP contribution in [-0.4, -0.2) is 9.91 Å². The van der Waals surface area contributed by atoms with Crippen molar-refractivity contribution in [3.8, 4) is 0 Å². The van der Waals surface area contributed by atoms with Gasteiger partial charge in [0, 0.05) is 0 Å². The molecule has 0 amide bonds. The van der Waals surface area contributed by atoms with Gasteiger partial charge in [0.2, 0.25) is 0 Å². The first-order valence-corrected chi connectivity index (χ1v) is 5.26. The summed E-state index contributed by atoms with van der Waals surface area (Å²) in [7, 11) is 0. The van der Waals surface area contributed by atoms with Crippen LogP contribution in [0.5, 0.6) is 0 Å². The minimum absolute atomic E-state index is 0.0128. The van der Waals surface area contributed by atoms with Crippen LogP contribution in [0.2, 0.25) is 10.0 Å². The molecule has 0 bridgehead atoms. The van der Waals surface area contributed by atoms with E-state index in [0.29, 0.717) is 15.3 Å². The zero-order valence-corrected chi connectivity index (χ0v) is 9.36. The Hall–Kier alpha value is -1.11. The number of thiazole rings is 1. The summed E-state index contributed by atoms with van der Waals surface area (Å²) in [5.74, 6) is 0. The van der Waals surface area contributed by atoms with Crippen LogP contribution in [0.25, 0.3) is 10.2 Å². The fourth-order valence-electron chi connectivity index (χ4n) is 1.17. The number of benzene rings is 1. The molecule has 0 saturated heterocycles. The van der Waals surface area contributed by atoms with Gasteiger partial charge in [-0.05, 0) is 6.07 Å². The van der Waals surface area contributed by atoms with Crippen molar-refractivity contribution in [2.24, 2.45) is 0 Å². The third kappa shape index (κ3) is 1.60. The van der Waals surface area contributed by atoms with E-state index in [0.717, 1.165) is 0 Å². The van der Waals surface area contributed by atoms with Crippen LogP contribution in [0.15, 0.2) is 6.07 Å². The van der Waals surface area contributed by atoms with Crippen molar-refractivity contribution in [3.05, 3.63) is 26.2 Å². The summed E-state index contributed by atoms with van der Waals surface area (Å²) < 4.78 is 0.633. The number of nitrogens with zero attached hydrogens (tertiary/aromatic N) is 2. The first-order chi connectivity index (χ1) is 7.00. The predicted octanol–water partition coefficient (Wildman–Crippen LogP) is 3.09. The highest BCUT2D eigenvalue weighted by molar-refractivity contribution is 7.22. The van der Waals surface area contributed by atoms with E-state index < -0.39 is 4.92 Å². The molecule has 1 heterocycles. The van der Waals surface area contributed by atoms with Gasteiger partial charge in [-0.15, -0.1) is 0 Å². The first kappa shape index (κ1) is 10.4. The lowest BCUT2D eigenvalue weighted by molar-refractivity contribution is -0.384. The molecule has 78 valence electrons. The third-order valence-electron chi connectivity index (χ3n) is 1.75. The average Bonchev–Trinajstić information content (AvgIpc) is 2.45. The molecule has 0 radical (unpaired) electrons. The van der Waals surface area contributed by atoms with Gasteiger partial charge in [0.15, 0.2) is 5.13 Å². The highest BCUT2D eigenvalue weighted by Crippen LogP contribution is 2.40. The number of nitrogens with two attached hydrogens (primary N) is 1. The smallest absolute Gasteiger partial charge is 0.308 e. The van der Waals surface area contributed by atoms with Gasteiger partial charge >= 0.3 is 5.69 Å². The largest absolute Gasteiger partial charge is 0.375 e. The summed E-state index contributed by atoms with van der Waals surface area (Å²) in [6.45, 7) is 0. The molecule has 0 aliphatic heterocycles. The van der Waals surface area contributed by atoms with E-state index in [1.165, 1.54) is 17.4 Å². The molecule has 0 spiro atoms. The molecule has 0 saturated carbocycles. The summed E-state index contributed by atoms with van der Waals surface area (Å²) in [4.78, 5) is 13.9. The summed E-state index contributed by atoms with van der Waals surface area (Å²) in [6, 6.07) is 1.44. The van der Waals surface area contributed by atoms with Crippen molar-refractivity contribution in [1.82, 2.24) is 4.98 Å². The van der Waals surface area contributed by atoms with Gasteiger partial charge in [0.25, 0.3) is 0 Å². The third-order valence-corrected chi connectivity index (χ3v) is 3.23. The summed E-state index contributed by atoms with van der Waals surface area (Å²) >= 11 is 12.7. The molecule has 0 aliphatic rings. The van der Waals surface area contributed by atoms with Gasteiger partial charge in [-0.3, -0.25) is 10.1 Å². The maximum absolute atomic E-state index is 10.7. The second-order valence-corrected chi connectivity index (χ2v) is 4.52. The topological polar surface area (TPSA) is 82.0 Å². The molecule has 8 heteroatoms. The van der Waals surface area contributed by atoms with E-state index in [4.69, 9.17) is 28.9 Å². The molecule has 1 aromatic heterocycles. The van der Waals surface area contributed by atoms with E-state index >= 15 is 0 Å². The van der Waals surface area contributed by atoms with Gasteiger partial charge in [-0.2, -0.15) is 0 Å². The minimum Gasteiger partial charge on any atom is -0.375 e. The van der Waals surface area contributed by atoms with Crippen molar-refractivity contribution >= 4 is 55.6 Å². The number of rotatable bonds is 1. The lowest BCUT2D eigenvalue weighted by Crippen LogP contribution is -1.91. The molecular weight excluding hydrogens is 261 g/mol. The Labute approximate surface area is 97.6 Å². The normalized spacial score (nSPS) is 10.8. The fourth-order valence-corrected chi connectivity index (χ4v) is 2.71. The SMILES string of the molecule is Nc1nc2c(Cl)c([N+](=O)[O-])c(Cl)cc2s1. The fraction of sp³-hybridized carbons (Fsp3) is 0. The summed E-state index contributed by atoms with van der Waals surface area (Å²) in [6.07, 6.45) is 0. The van der Waals surface area contributed by atoms with Crippen LogP contribution >= 0.6 is 34.5 Å². The number of halogens is 2. The maximum atomic E-state index is 10.7. The Kier molecular flexibility index (Phi) is 2.41. The molecule has 2 rings (SSSR count). The van der Waals surface area contributed by atoms with Crippen molar-refractivity contribution < 1.29 is 4.92 Å². The van der Waals surface area contributed by atoms with Gasteiger partial charge in [0.05, 0.1) is 9.62 Å². The number of nitro benzene ring substituents is 1. The van der Waals surface area contributed by atoms with Crippen LogP contribution in [0, 0.1) is 10.1 Å². The Morgan fingerprint density at radius 2 is 2.20 bits per heavy atom. The van der Waals surface area contributed by atoms with Gasteiger partial charge in [-0.25, -0.2) is 4.98 Å². The van der Waals surface area contributed by atoms with E-state index in [-0.39, 0.29) is 15.7 Å². The average molecular weight is 264 g/mol. The van der Waals surface area contributed by atoms with E-state index in [9.17, 15) is 10.1 Å². The van der Waals surface area contributed by atoms with Crippen LogP contribution in [0.1, 0.15) is 0 Å². The molecule has 0 atom stereocenters. The number of hydrogen-bond acceptors (Lipinski definition) is 5. The molecule has 0 unspecified atom stereocenters. The Bertz CT molecular complexity index is 569. The molecule has 2 aromatic rings. The molecule has 1 aromatic carbocycles. The summed E-state index contributed by atoms with van der Waals surface area (Å²) in [5.41, 5.74) is 5.45. The Balaban J connectivity index is 2.89. The standard InChI is InChI=1S/C7H3Cl2N3O2S/c8-2-1-3-5(11-7(10)15-3)4(9)6(2)12(13)14/h1H,(H2,10,11). The lowest BCUT2D eigenvalue weighted by atomic mass is 10.3. The van der Waals surface area contributed by atoms with Gasteiger partial charge < -0.3 is 5.73 Å². The second-order valence-electron chi connectivity index (χ2n) is 2.68. The van der Waals surface area contributed by atoms with Crippen LogP contribution in [-0.2, 0) is 0 Å². The van der Waals surface area contributed by atoms with Crippen LogP contribution in [0.4, 0.5) is 10.8 Å². The minimum atomic E-state index is -0.639. The zero-order chi connectivity index (χ0) is 11.2. The quantitative estimate of drug-likeness (QED) is 0.633. The van der Waals surface area contributed by atoms with Crippen molar-refractivity contribution in [2.45, 2.75) is 0 Å². The molecule has 0 fully saturated rings. The summed E-state index contributed by atoms with van der Waals surface area (Å²) in [5, 5.41) is 10.9. The van der Waals surface area contributed by atoms with Gasteiger partial charge in [0.1, 0.15) is 15.6 Å². The monoisotopic (exact) mass is 263 g/mol. The number of hydrogen-bond donors (Lipinski definition) is 1. The molecule has 15 heavy (non-hydrogen) atoms. The van der Waals surface area contributed by atoms with E-state index in [1.807, 2.05) is 0 Å². The van der Waals surface area contributed by atoms with Crippen molar-refractivity contribution in [2.75, 3.05) is 5.73 Å². The van der Waals surface area contributed by atoms with Crippen LogP contribution in [0.3, 0.4) is 0 Å². The maximum Gasteiger partial charge on any atom is 0.308 e. The number of nitro groups is 1. The van der Waals surface area contributed by atoms with E-state index in [2.05, 4.69) is 4.98 Å². The van der Waals surface area contributed by atoms with E-state index in [1.54, 1.807) is 0 Å². The zero-order valence-electron chi connectivity index (χ0n) is 7.03. The number of anilines is 1. The number of nitrogen functional groups attached to an aromatic ring is 1. The number of fused-ring (bicyclic) bond motifs is 1. The highest BCUT2D eigenvalue weighted by atomic mass is 35.5. The van der Waals surface area contributed by atoms with Crippen molar-refractivity contribution in [3.63, 3.8) is 0 Å². The lowest BCUT2D eigenvalue weighted by Gasteiger charge is -1.97. The molecule has 0 aliphatic carbocycles. The molecule has 5 nitrogen and oxygen atoms in total. The van der Waals surface area contributed by atoms with Gasteiger partial charge in [-0.1, -0.05) is 34.5 Å².